The molecule has 0 aromatic heterocycles. The summed E-state index contributed by atoms with van der Waals surface area (Å²) in [6.45, 7) is 4.52. The fraction of sp³-hybridized carbons (Fsp3) is 0.611. The van der Waals surface area contributed by atoms with Crippen molar-refractivity contribution in [2.75, 3.05) is 26.2 Å². The minimum atomic E-state index is -1.02. The molecule has 0 unspecified atom stereocenters. The predicted molar refractivity (Wildman–Crippen MR) is 88.6 cm³/mol. The molecular weight excluding hydrogens is 294 g/mol. The maximum absolute atomic E-state index is 11.7. The van der Waals surface area contributed by atoms with Crippen LogP contribution in [-0.4, -0.2) is 53.4 Å². The summed E-state index contributed by atoms with van der Waals surface area (Å²) in [6.07, 6.45) is 1.88. The normalized spacial score (nSPS) is 25.2. The number of rotatable bonds is 8. The van der Waals surface area contributed by atoms with Crippen molar-refractivity contribution in [3.8, 4) is 5.75 Å². The molecule has 1 heterocycles. The molecule has 2 N–H and O–H groups in total. The molecule has 5 nitrogen and oxygen atoms in total. The van der Waals surface area contributed by atoms with Crippen LogP contribution < -0.4 is 4.74 Å². The van der Waals surface area contributed by atoms with E-state index in [9.17, 15) is 15.0 Å². The standard InChI is InChI=1S/C18H27NO4/c1-2-10-18(17(21)22)14-19(12-9-16(18)20)11-6-13-23-15-7-4-3-5-8-15/h3-5,7-8,16,20H,2,6,9-14H2,1H3,(H,21,22)/t16-,18-/m0/s1. The first-order valence-electron chi connectivity index (χ1n) is 8.40. The maximum atomic E-state index is 11.7. The first-order valence-corrected chi connectivity index (χ1v) is 8.40. The van der Waals surface area contributed by atoms with Crippen LogP contribution in [0.5, 0.6) is 5.75 Å². The summed E-state index contributed by atoms with van der Waals surface area (Å²) in [5.41, 5.74) is -1.02. The maximum Gasteiger partial charge on any atom is 0.313 e. The van der Waals surface area contributed by atoms with Crippen molar-refractivity contribution in [1.29, 1.82) is 0 Å². The fourth-order valence-electron chi connectivity index (χ4n) is 3.36. The second-order valence-electron chi connectivity index (χ2n) is 6.31. The molecule has 23 heavy (non-hydrogen) atoms. The molecule has 0 aliphatic carbocycles. The van der Waals surface area contributed by atoms with Gasteiger partial charge in [0.2, 0.25) is 0 Å². The number of aliphatic carboxylic acids is 1. The second kappa shape index (κ2) is 8.31. The van der Waals surface area contributed by atoms with Crippen LogP contribution in [0.25, 0.3) is 0 Å². The van der Waals surface area contributed by atoms with E-state index in [1.807, 2.05) is 37.3 Å². The van der Waals surface area contributed by atoms with Gasteiger partial charge >= 0.3 is 5.97 Å². The number of piperidine rings is 1. The van der Waals surface area contributed by atoms with Crippen molar-refractivity contribution < 1.29 is 19.7 Å². The third-order valence-corrected chi connectivity index (χ3v) is 4.62. The zero-order valence-electron chi connectivity index (χ0n) is 13.8. The number of ether oxygens (including phenoxy) is 1. The van der Waals surface area contributed by atoms with Crippen molar-refractivity contribution in [3.05, 3.63) is 30.3 Å². The van der Waals surface area contributed by atoms with Crippen LogP contribution in [0.15, 0.2) is 30.3 Å². The Labute approximate surface area is 137 Å². The Morgan fingerprint density at radius 1 is 1.39 bits per heavy atom. The third kappa shape index (κ3) is 4.45. The number of carbonyl (C=O) groups is 1. The van der Waals surface area contributed by atoms with Crippen LogP contribution in [0, 0.1) is 5.41 Å². The lowest BCUT2D eigenvalue weighted by Crippen LogP contribution is -2.56. The number of aliphatic hydroxyl groups is 1. The highest BCUT2D eigenvalue weighted by Gasteiger charge is 2.48. The Morgan fingerprint density at radius 2 is 2.13 bits per heavy atom. The van der Waals surface area contributed by atoms with E-state index in [0.717, 1.165) is 31.7 Å². The molecule has 0 amide bonds. The zero-order valence-corrected chi connectivity index (χ0v) is 13.8. The van der Waals surface area contributed by atoms with E-state index in [4.69, 9.17) is 4.74 Å². The Bertz CT molecular complexity index is 493. The number of hydrogen-bond acceptors (Lipinski definition) is 4. The van der Waals surface area contributed by atoms with Gasteiger partial charge in [-0.2, -0.15) is 0 Å². The number of nitrogens with zero attached hydrogens (tertiary/aromatic N) is 1. The quantitative estimate of drug-likeness (QED) is 0.720. The molecule has 0 spiro atoms. The number of likely N-dealkylation sites (tertiary alicyclic amines) is 1. The van der Waals surface area contributed by atoms with Crippen LogP contribution in [0.4, 0.5) is 0 Å². The van der Waals surface area contributed by atoms with E-state index in [1.54, 1.807) is 0 Å². The van der Waals surface area contributed by atoms with Gasteiger partial charge in [-0.15, -0.1) is 0 Å². The summed E-state index contributed by atoms with van der Waals surface area (Å²) in [4.78, 5) is 13.9. The topological polar surface area (TPSA) is 70.0 Å². The van der Waals surface area contributed by atoms with Crippen LogP contribution in [0.2, 0.25) is 0 Å². The first-order chi connectivity index (χ1) is 11.1. The van der Waals surface area contributed by atoms with Crippen molar-refractivity contribution >= 4 is 5.97 Å². The van der Waals surface area contributed by atoms with E-state index in [-0.39, 0.29) is 0 Å². The fourth-order valence-corrected chi connectivity index (χ4v) is 3.36. The summed E-state index contributed by atoms with van der Waals surface area (Å²) < 4.78 is 5.67. The average Bonchev–Trinajstić information content (AvgIpc) is 2.55. The molecule has 1 aromatic rings. The highest BCUT2D eigenvalue weighted by atomic mass is 16.5. The molecule has 2 atom stereocenters. The van der Waals surface area contributed by atoms with Gasteiger partial charge in [-0.05, 0) is 31.4 Å². The molecule has 1 saturated heterocycles. The summed E-state index contributed by atoms with van der Waals surface area (Å²) in [6, 6.07) is 9.67. The highest BCUT2D eigenvalue weighted by molar-refractivity contribution is 5.76. The van der Waals surface area contributed by atoms with Gasteiger partial charge in [0, 0.05) is 19.6 Å². The largest absolute Gasteiger partial charge is 0.494 e. The number of aliphatic hydroxyl groups excluding tert-OH is 1. The Hall–Kier alpha value is -1.59. The number of carboxylic acid groups (broad SMARTS) is 1. The van der Waals surface area contributed by atoms with Crippen LogP contribution in [-0.2, 0) is 4.79 Å². The molecule has 1 aliphatic rings. The van der Waals surface area contributed by atoms with E-state index >= 15 is 0 Å². The highest BCUT2D eigenvalue weighted by Crippen LogP contribution is 2.35. The predicted octanol–water partition coefficient (Wildman–Crippen LogP) is 2.39. The lowest BCUT2D eigenvalue weighted by atomic mass is 9.74. The van der Waals surface area contributed by atoms with E-state index in [2.05, 4.69) is 4.90 Å². The summed E-state index contributed by atoms with van der Waals surface area (Å²) in [5.74, 6) is -0.0236. The van der Waals surface area contributed by atoms with Crippen LogP contribution >= 0.6 is 0 Å². The Morgan fingerprint density at radius 3 is 2.78 bits per heavy atom. The zero-order chi connectivity index (χ0) is 16.7. The van der Waals surface area contributed by atoms with Gasteiger partial charge in [0.1, 0.15) is 11.2 Å². The Balaban J connectivity index is 1.82. The molecule has 1 fully saturated rings. The van der Waals surface area contributed by atoms with Crippen molar-refractivity contribution in [2.45, 2.75) is 38.7 Å². The second-order valence-corrected chi connectivity index (χ2v) is 6.31. The minimum Gasteiger partial charge on any atom is -0.494 e. The van der Waals surface area contributed by atoms with Crippen LogP contribution in [0.1, 0.15) is 32.6 Å². The summed E-state index contributed by atoms with van der Waals surface area (Å²) >= 11 is 0. The summed E-state index contributed by atoms with van der Waals surface area (Å²) in [5, 5.41) is 19.8. The number of para-hydroxylation sites is 1. The van der Waals surface area contributed by atoms with Crippen molar-refractivity contribution in [3.63, 3.8) is 0 Å². The van der Waals surface area contributed by atoms with Gasteiger partial charge in [0.15, 0.2) is 0 Å². The van der Waals surface area contributed by atoms with E-state index in [1.165, 1.54) is 0 Å². The minimum absolute atomic E-state index is 0.419. The molecule has 0 radical (unpaired) electrons. The van der Waals surface area contributed by atoms with E-state index in [0.29, 0.717) is 26.0 Å². The molecule has 1 aliphatic heterocycles. The smallest absolute Gasteiger partial charge is 0.313 e. The molecule has 0 bridgehead atoms. The number of carboxylic acids is 1. The van der Waals surface area contributed by atoms with Gasteiger partial charge in [0.25, 0.3) is 0 Å². The SMILES string of the molecule is CCC[C@]1(C(=O)O)CN(CCCOc2ccccc2)CC[C@@H]1O. The lowest BCUT2D eigenvalue weighted by molar-refractivity contribution is -0.164. The van der Waals surface area contributed by atoms with Gasteiger partial charge in [-0.25, -0.2) is 0 Å². The molecule has 128 valence electrons. The van der Waals surface area contributed by atoms with Crippen molar-refractivity contribution in [1.82, 2.24) is 4.90 Å². The van der Waals surface area contributed by atoms with Gasteiger partial charge in [-0.3, -0.25) is 4.79 Å². The summed E-state index contributed by atoms with van der Waals surface area (Å²) in [7, 11) is 0. The third-order valence-electron chi connectivity index (χ3n) is 4.62. The molecule has 2 rings (SSSR count). The van der Waals surface area contributed by atoms with Gasteiger partial charge in [-0.1, -0.05) is 31.5 Å². The molecule has 0 saturated carbocycles. The monoisotopic (exact) mass is 321 g/mol. The first kappa shape index (κ1) is 17.8. The Kier molecular flexibility index (Phi) is 6.42. The lowest BCUT2D eigenvalue weighted by Gasteiger charge is -2.43. The average molecular weight is 321 g/mol. The molecule has 5 heteroatoms. The van der Waals surface area contributed by atoms with E-state index < -0.39 is 17.5 Å². The number of benzene rings is 1. The number of hydrogen-bond donors (Lipinski definition) is 2. The molecular formula is C18H27NO4. The molecule has 1 aromatic carbocycles. The van der Waals surface area contributed by atoms with Gasteiger partial charge in [0.05, 0.1) is 12.7 Å². The van der Waals surface area contributed by atoms with Crippen LogP contribution in [0.3, 0.4) is 0 Å². The van der Waals surface area contributed by atoms with Gasteiger partial charge < -0.3 is 19.8 Å². The van der Waals surface area contributed by atoms with Crippen molar-refractivity contribution in [2.24, 2.45) is 5.41 Å².